The van der Waals surface area contributed by atoms with Gasteiger partial charge in [-0.1, -0.05) is 11.6 Å². The number of nitrogens with two attached hydrogens (primary N) is 1. The fourth-order valence-corrected chi connectivity index (χ4v) is 2.48. The highest BCUT2D eigenvalue weighted by Crippen LogP contribution is 2.27. The monoisotopic (exact) mass is 268 g/mol. The molecule has 1 atom stereocenters. The van der Waals surface area contributed by atoms with E-state index in [1.54, 1.807) is 0 Å². The van der Waals surface area contributed by atoms with E-state index in [-0.39, 0.29) is 6.04 Å². The van der Waals surface area contributed by atoms with Gasteiger partial charge in [-0.3, -0.25) is 4.90 Å². The van der Waals surface area contributed by atoms with E-state index < -0.39 is 0 Å². The minimum atomic E-state index is -0.0644. The molecular weight excluding hydrogens is 248 g/mol. The summed E-state index contributed by atoms with van der Waals surface area (Å²) in [6.45, 7) is 6.04. The van der Waals surface area contributed by atoms with Crippen molar-refractivity contribution in [1.82, 2.24) is 4.90 Å². The second kappa shape index (κ2) is 6.41. The molecule has 1 fully saturated rings. The standard InChI is InChI=1S/C14H21ClN2O/c1-11(16)13-10-12(15)4-5-14(13)18-9-8-17-6-2-3-7-17/h4-5,10-11H,2-3,6-9,16H2,1H3/t11-/m0/s1. The molecule has 1 aromatic rings. The lowest BCUT2D eigenvalue weighted by molar-refractivity contribution is 0.236. The smallest absolute Gasteiger partial charge is 0.124 e. The second-order valence-electron chi connectivity index (χ2n) is 4.87. The topological polar surface area (TPSA) is 38.5 Å². The number of hydrogen-bond donors (Lipinski definition) is 1. The van der Waals surface area contributed by atoms with Crippen LogP contribution >= 0.6 is 11.6 Å². The lowest BCUT2D eigenvalue weighted by atomic mass is 10.1. The highest BCUT2D eigenvalue weighted by Gasteiger charge is 2.12. The van der Waals surface area contributed by atoms with Crippen molar-refractivity contribution in [2.24, 2.45) is 5.73 Å². The maximum Gasteiger partial charge on any atom is 0.124 e. The number of benzene rings is 1. The molecule has 0 bridgehead atoms. The first-order valence-corrected chi connectivity index (χ1v) is 6.95. The van der Waals surface area contributed by atoms with Gasteiger partial charge in [-0.2, -0.15) is 0 Å². The van der Waals surface area contributed by atoms with Gasteiger partial charge >= 0.3 is 0 Å². The number of hydrogen-bond acceptors (Lipinski definition) is 3. The second-order valence-corrected chi connectivity index (χ2v) is 5.30. The van der Waals surface area contributed by atoms with Crippen molar-refractivity contribution in [3.63, 3.8) is 0 Å². The van der Waals surface area contributed by atoms with E-state index >= 15 is 0 Å². The zero-order chi connectivity index (χ0) is 13.0. The van der Waals surface area contributed by atoms with Gasteiger partial charge < -0.3 is 10.5 Å². The van der Waals surface area contributed by atoms with Gasteiger partial charge in [0.1, 0.15) is 12.4 Å². The molecule has 0 radical (unpaired) electrons. The maximum absolute atomic E-state index is 5.98. The fraction of sp³-hybridized carbons (Fsp3) is 0.571. The van der Waals surface area contributed by atoms with Crippen molar-refractivity contribution < 1.29 is 4.74 Å². The summed E-state index contributed by atoms with van der Waals surface area (Å²) < 4.78 is 5.84. The molecule has 0 saturated carbocycles. The van der Waals surface area contributed by atoms with Crippen LogP contribution in [0.3, 0.4) is 0 Å². The predicted molar refractivity (Wildman–Crippen MR) is 75.2 cm³/mol. The van der Waals surface area contributed by atoms with Gasteiger partial charge in [-0.15, -0.1) is 0 Å². The summed E-state index contributed by atoms with van der Waals surface area (Å²) in [4.78, 5) is 2.43. The number of halogens is 1. The van der Waals surface area contributed by atoms with Gasteiger partial charge in [0.05, 0.1) is 0 Å². The predicted octanol–water partition coefficient (Wildman–Crippen LogP) is 2.83. The first-order valence-electron chi connectivity index (χ1n) is 6.57. The van der Waals surface area contributed by atoms with E-state index in [2.05, 4.69) is 4.90 Å². The van der Waals surface area contributed by atoms with Crippen LogP contribution in [-0.2, 0) is 0 Å². The van der Waals surface area contributed by atoms with Crippen LogP contribution in [0.5, 0.6) is 5.75 Å². The molecule has 0 amide bonds. The molecule has 100 valence electrons. The summed E-state index contributed by atoms with van der Waals surface area (Å²) in [7, 11) is 0. The highest BCUT2D eigenvalue weighted by atomic mass is 35.5. The number of rotatable bonds is 5. The Hall–Kier alpha value is -0.770. The lowest BCUT2D eigenvalue weighted by Crippen LogP contribution is -2.25. The normalized spacial score (nSPS) is 17.9. The van der Waals surface area contributed by atoms with E-state index in [9.17, 15) is 0 Å². The fourth-order valence-electron chi connectivity index (χ4n) is 2.30. The summed E-state index contributed by atoms with van der Waals surface area (Å²) in [6, 6.07) is 5.58. The summed E-state index contributed by atoms with van der Waals surface area (Å²) in [5.74, 6) is 0.855. The van der Waals surface area contributed by atoms with Crippen molar-refractivity contribution in [1.29, 1.82) is 0 Å². The van der Waals surface area contributed by atoms with Crippen LogP contribution in [0.4, 0.5) is 0 Å². The third kappa shape index (κ3) is 3.61. The van der Waals surface area contributed by atoms with Gasteiger partial charge in [-0.25, -0.2) is 0 Å². The molecule has 2 N–H and O–H groups in total. The summed E-state index contributed by atoms with van der Waals surface area (Å²) in [5.41, 5.74) is 6.90. The van der Waals surface area contributed by atoms with Crippen molar-refractivity contribution in [3.8, 4) is 5.75 Å². The Balaban J connectivity index is 1.91. The van der Waals surface area contributed by atoms with Crippen LogP contribution < -0.4 is 10.5 Å². The van der Waals surface area contributed by atoms with E-state index in [4.69, 9.17) is 22.1 Å². The van der Waals surface area contributed by atoms with Crippen molar-refractivity contribution in [2.75, 3.05) is 26.2 Å². The Morgan fingerprint density at radius 3 is 2.78 bits per heavy atom. The van der Waals surface area contributed by atoms with Gasteiger partial charge in [0.2, 0.25) is 0 Å². The summed E-state index contributed by atoms with van der Waals surface area (Å²) in [6.07, 6.45) is 2.62. The molecule has 2 rings (SSSR count). The molecular formula is C14H21ClN2O. The van der Waals surface area contributed by atoms with Crippen LogP contribution in [0.25, 0.3) is 0 Å². The summed E-state index contributed by atoms with van der Waals surface area (Å²) in [5, 5.41) is 0.703. The largest absolute Gasteiger partial charge is 0.492 e. The molecule has 0 aliphatic carbocycles. The third-order valence-corrected chi connectivity index (χ3v) is 3.56. The first-order chi connectivity index (χ1) is 8.66. The highest BCUT2D eigenvalue weighted by molar-refractivity contribution is 6.30. The Bertz CT molecular complexity index is 389. The third-order valence-electron chi connectivity index (χ3n) is 3.33. The zero-order valence-electron chi connectivity index (χ0n) is 10.9. The SMILES string of the molecule is C[C@H](N)c1cc(Cl)ccc1OCCN1CCCC1. The maximum atomic E-state index is 5.98. The van der Waals surface area contributed by atoms with E-state index in [0.717, 1.165) is 17.9 Å². The molecule has 1 saturated heterocycles. The van der Waals surface area contributed by atoms with Crippen molar-refractivity contribution in [3.05, 3.63) is 28.8 Å². The van der Waals surface area contributed by atoms with Crippen LogP contribution in [0, 0.1) is 0 Å². The number of ether oxygens (including phenoxy) is 1. The van der Waals surface area contributed by atoms with Crippen LogP contribution in [-0.4, -0.2) is 31.1 Å². The average molecular weight is 269 g/mol. The molecule has 0 unspecified atom stereocenters. The average Bonchev–Trinajstić information content (AvgIpc) is 2.84. The van der Waals surface area contributed by atoms with Crippen molar-refractivity contribution in [2.45, 2.75) is 25.8 Å². The zero-order valence-corrected chi connectivity index (χ0v) is 11.6. The van der Waals surface area contributed by atoms with Gasteiger partial charge in [0.15, 0.2) is 0 Å². The van der Waals surface area contributed by atoms with Crippen molar-refractivity contribution >= 4 is 11.6 Å². The van der Waals surface area contributed by atoms with E-state index in [1.165, 1.54) is 25.9 Å². The lowest BCUT2D eigenvalue weighted by Gasteiger charge is -2.17. The van der Waals surface area contributed by atoms with Gasteiger partial charge in [-0.05, 0) is 51.1 Å². The van der Waals surface area contributed by atoms with Gasteiger partial charge in [0, 0.05) is 23.2 Å². The molecule has 4 heteroatoms. The minimum Gasteiger partial charge on any atom is -0.492 e. The molecule has 0 aromatic heterocycles. The quantitative estimate of drug-likeness (QED) is 0.892. The van der Waals surface area contributed by atoms with Crippen LogP contribution in [0.15, 0.2) is 18.2 Å². The Kier molecular flexibility index (Phi) is 4.87. The Morgan fingerprint density at radius 1 is 1.39 bits per heavy atom. The van der Waals surface area contributed by atoms with E-state index in [1.807, 2.05) is 25.1 Å². The Labute approximate surface area is 114 Å². The molecule has 1 heterocycles. The number of likely N-dealkylation sites (tertiary alicyclic amines) is 1. The Morgan fingerprint density at radius 2 is 2.11 bits per heavy atom. The minimum absolute atomic E-state index is 0.0644. The van der Waals surface area contributed by atoms with E-state index in [0.29, 0.717) is 11.6 Å². The molecule has 18 heavy (non-hydrogen) atoms. The molecule has 1 aliphatic rings. The molecule has 1 aromatic carbocycles. The molecule has 3 nitrogen and oxygen atoms in total. The number of nitrogens with zero attached hydrogens (tertiary/aromatic N) is 1. The van der Waals surface area contributed by atoms with Crippen LogP contribution in [0.2, 0.25) is 5.02 Å². The summed E-state index contributed by atoms with van der Waals surface area (Å²) >= 11 is 5.98. The first kappa shape index (κ1) is 13.7. The van der Waals surface area contributed by atoms with Gasteiger partial charge in [0.25, 0.3) is 0 Å². The van der Waals surface area contributed by atoms with Crippen LogP contribution in [0.1, 0.15) is 31.4 Å². The molecule has 0 spiro atoms. The molecule has 1 aliphatic heterocycles.